The predicted octanol–water partition coefficient (Wildman–Crippen LogP) is 2.66. The highest BCUT2D eigenvalue weighted by atomic mass is 16.4. The van der Waals surface area contributed by atoms with Gasteiger partial charge in [0.25, 0.3) is 0 Å². The van der Waals surface area contributed by atoms with Crippen molar-refractivity contribution in [2.24, 2.45) is 5.41 Å². The molecule has 0 spiro atoms. The highest BCUT2D eigenvalue weighted by Gasteiger charge is 2.28. The van der Waals surface area contributed by atoms with Crippen LogP contribution in [-0.2, 0) is 11.2 Å². The summed E-state index contributed by atoms with van der Waals surface area (Å²) in [6.45, 7) is 7.07. The van der Waals surface area contributed by atoms with Gasteiger partial charge in [0.1, 0.15) is 5.75 Å². The average Bonchev–Trinajstić information content (AvgIpc) is 2.19. The second-order valence-electron chi connectivity index (χ2n) is 4.88. The number of hydrogen-bond acceptors (Lipinski definition) is 2. The zero-order valence-corrected chi connectivity index (χ0v) is 10.2. The van der Waals surface area contributed by atoms with Crippen molar-refractivity contribution < 1.29 is 15.0 Å². The lowest BCUT2D eigenvalue weighted by Crippen LogP contribution is -2.26. The van der Waals surface area contributed by atoms with E-state index in [2.05, 4.69) is 0 Å². The van der Waals surface area contributed by atoms with E-state index in [0.29, 0.717) is 12.0 Å². The third-order valence-corrected chi connectivity index (χ3v) is 3.00. The van der Waals surface area contributed by atoms with Crippen LogP contribution in [0.5, 0.6) is 5.75 Å². The van der Waals surface area contributed by atoms with Gasteiger partial charge >= 0.3 is 5.97 Å². The Labute approximate surface area is 95.7 Å². The number of carboxylic acid groups (broad SMARTS) is 1. The Balaban J connectivity index is 3.08. The van der Waals surface area contributed by atoms with Gasteiger partial charge in [-0.25, -0.2) is 0 Å². The first-order valence-electron chi connectivity index (χ1n) is 5.27. The summed E-state index contributed by atoms with van der Waals surface area (Å²) in [5.74, 6) is -0.639. The summed E-state index contributed by atoms with van der Waals surface area (Å²) in [5.41, 5.74) is 1.66. The van der Waals surface area contributed by atoms with Gasteiger partial charge in [-0.2, -0.15) is 0 Å². The summed E-state index contributed by atoms with van der Waals surface area (Å²) in [6, 6.07) is 3.70. The Morgan fingerprint density at radius 3 is 2.38 bits per heavy atom. The van der Waals surface area contributed by atoms with Gasteiger partial charge in [-0.05, 0) is 50.8 Å². The molecule has 0 aliphatic carbocycles. The van der Waals surface area contributed by atoms with Crippen molar-refractivity contribution in [3.63, 3.8) is 0 Å². The second-order valence-corrected chi connectivity index (χ2v) is 4.88. The van der Waals surface area contributed by atoms with E-state index in [0.717, 1.165) is 11.1 Å². The Morgan fingerprint density at radius 2 is 1.88 bits per heavy atom. The molecular formula is C13H18O3. The zero-order chi connectivity index (χ0) is 12.5. The molecule has 1 aromatic rings. The molecule has 1 rings (SSSR count). The quantitative estimate of drug-likeness (QED) is 0.826. The first kappa shape index (κ1) is 12.6. The van der Waals surface area contributed by atoms with E-state index in [4.69, 9.17) is 5.11 Å². The topological polar surface area (TPSA) is 57.5 Å². The van der Waals surface area contributed by atoms with Crippen molar-refractivity contribution in [2.75, 3.05) is 0 Å². The Morgan fingerprint density at radius 1 is 1.31 bits per heavy atom. The number of aryl methyl sites for hydroxylation is 1. The van der Waals surface area contributed by atoms with Crippen molar-refractivity contribution in [2.45, 2.75) is 34.1 Å². The van der Waals surface area contributed by atoms with Gasteiger partial charge in [0, 0.05) is 0 Å². The van der Waals surface area contributed by atoms with Gasteiger partial charge < -0.3 is 10.2 Å². The molecule has 3 nitrogen and oxygen atoms in total. The van der Waals surface area contributed by atoms with E-state index in [1.54, 1.807) is 19.9 Å². The maximum absolute atomic E-state index is 11.0. The van der Waals surface area contributed by atoms with Gasteiger partial charge in [-0.1, -0.05) is 12.1 Å². The monoisotopic (exact) mass is 222 g/mol. The first-order chi connectivity index (χ1) is 7.25. The molecule has 0 fully saturated rings. The van der Waals surface area contributed by atoms with Gasteiger partial charge in [0.05, 0.1) is 5.41 Å². The minimum absolute atomic E-state index is 0.217. The molecule has 0 saturated heterocycles. The molecule has 0 bridgehead atoms. The molecular weight excluding hydrogens is 204 g/mol. The number of aromatic hydroxyl groups is 1. The zero-order valence-electron chi connectivity index (χ0n) is 10.2. The van der Waals surface area contributed by atoms with Crippen LogP contribution < -0.4 is 0 Å². The molecule has 88 valence electrons. The predicted molar refractivity (Wildman–Crippen MR) is 62.7 cm³/mol. The van der Waals surface area contributed by atoms with Gasteiger partial charge in [0.15, 0.2) is 0 Å². The lowest BCUT2D eigenvalue weighted by Gasteiger charge is -2.20. The Hall–Kier alpha value is -1.51. The van der Waals surface area contributed by atoms with E-state index in [9.17, 15) is 9.90 Å². The van der Waals surface area contributed by atoms with Crippen LogP contribution in [0.4, 0.5) is 0 Å². The molecule has 0 atom stereocenters. The molecule has 0 aliphatic rings. The molecule has 2 N–H and O–H groups in total. The Kier molecular flexibility index (Phi) is 3.27. The molecule has 0 aliphatic heterocycles. The average molecular weight is 222 g/mol. The van der Waals surface area contributed by atoms with Gasteiger partial charge in [-0.15, -0.1) is 0 Å². The smallest absolute Gasteiger partial charge is 0.309 e. The minimum Gasteiger partial charge on any atom is -0.507 e. The first-order valence-corrected chi connectivity index (χ1v) is 5.27. The van der Waals surface area contributed by atoms with E-state index in [-0.39, 0.29) is 5.75 Å². The summed E-state index contributed by atoms with van der Waals surface area (Å²) in [6.07, 6.45) is 0.329. The van der Waals surface area contributed by atoms with Gasteiger partial charge in [0.2, 0.25) is 0 Å². The lowest BCUT2D eigenvalue weighted by atomic mass is 9.84. The maximum atomic E-state index is 11.0. The highest BCUT2D eigenvalue weighted by Crippen LogP contribution is 2.31. The van der Waals surface area contributed by atoms with Crippen LogP contribution in [0.15, 0.2) is 12.1 Å². The summed E-state index contributed by atoms with van der Waals surface area (Å²) < 4.78 is 0. The fourth-order valence-electron chi connectivity index (χ4n) is 1.55. The number of rotatable bonds is 3. The van der Waals surface area contributed by atoms with Crippen LogP contribution in [0.3, 0.4) is 0 Å². The summed E-state index contributed by atoms with van der Waals surface area (Å²) >= 11 is 0. The van der Waals surface area contributed by atoms with Crippen LogP contribution in [0.25, 0.3) is 0 Å². The number of phenols is 1. The van der Waals surface area contributed by atoms with E-state index >= 15 is 0 Å². The summed E-state index contributed by atoms with van der Waals surface area (Å²) in [5, 5.41) is 19.0. The second kappa shape index (κ2) is 4.16. The van der Waals surface area contributed by atoms with Crippen molar-refractivity contribution in [1.82, 2.24) is 0 Å². The van der Waals surface area contributed by atoms with E-state index in [1.807, 2.05) is 19.9 Å². The third kappa shape index (κ3) is 2.35. The standard InChI is InChI=1S/C13H18O3/c1-8-5-6-10(11(14)9(8)2)7-13(3,4)12(15)16/h5-6,14H,7H2,1-4H3,(H,15,16). The summed E-state index contributed by atoms with van der Waals surface area (Å²) in [4.78, 5) is 11.0. The third-order valence-electron chi connectivity index (χ3n) is 3.00. The number of carbonyl (C=O) groups is 1. The maximum Gasteiger partial charge on any atom is 0.309 e. The molecule has 0 amide bonds. The molecule has 0 aromatic heterocycles. The largest absolute Gasteiger partial charge is 0.507 e. The normalized spacial score (nSPS) is 11.5. The van der Waals surface area contributed by atoms with Crippen LogP contribution in [0.1, 0.15) is 30.5 Å². The fourth-order valence-corrected chi connectivity index (χ4v) is 1.55. The van der Waals surface area contributed by atoms with Crippen LogP contribution in [0.2, 0.25) is 0 Å². The minimum atomic E-state index is -0.862. The van der Waals surface area contributed by atoms with Crippen molar-refractivity contribution in [1.29, 1.82) is 0 Å². The summed E-state index contributed by atoms with van der Waals surface area (Å²) in [7, 11) is 0. The SMILES string of the molecule is Cc1ccc(CC(C)(C)C(=O)O)c(O)c1C. The fraction of sp³-hybridized carbons (Fsp3) is 0.462. The number of phenolic OH excluding ortho intramolecular Hbond substituents is 1. The Bertz CT molecular complexity index is 419. The van der Waals surface area contributed by atoms with Crippen LogP contribution >= 0.6 is 0 Å². The number of carboxylic acids is 1. The van der Waals surface area contributed by atoms with Gasteiger partial charge in [-0.3, -0.25) is 4.79 Å². The van der Waals surface area contributed by atoms with Crippen molar-refractivity contribution in [3.8, 4) is 5.75 Å². The number of benzene rings is 1. The lowest BCUT2D eigenvalue weighted by molar-refractivity contribution is -0.146. The molecule has 0 radical (unpaired) electrons. The van der Waals surface area contributed by atoms with E-state index in [1.165, 1.54) is 0 Å². The number of hydrogen-bond donors (Lipinski definition) is 2. The van der Waals surface area contributed by atoms with Crippen LogP contribution in [0, 0.1) is 19.3 Å². The molecule has 0 heterocycles. The highest BCUT2D eigenvalue weighted by molar-refractivity contribution is 5.74. The van der Waals surface area contributed by atoms with Crippen molar-refractivity contribution >= 4 is 5.97 Å². The molecule has 1 aromatic carbocycles. The number of aliphatic carboxylic acids is 1. The van der Waals surface area contributed by atoms with Crippen LogP contribution in [-0.4, -0.2) is 16.2 Å². The molecule has 0 saturated carbocycles. The molecule has 3 heteroatoms. The van der Waals surface area contributed by atoms with E-state index < -0.39 is 11.4 Å². The molecule has 16 heavy (non-hydrogen) atoms. The molecule has 0 unspecified atom stereocenters. The van der Waals surface area contributed by atoms with Crippen molar-refractivity contribution in [3.05, 3.63) is 28.8 Å².